The van der Waals surface area contributed by atoms with Crippen molar-refractivity contribution >= 4 is 33.7 Å². The van der Waals surface area contributed by atoms with Crippen molar-refractivity contribution < 1.29 is 24.6 Å². The first-order valence-electron chi connectivity index (χ1n) is 13.4. The number of para-hydroxylation sites is 4. The molecule has 0 saturated carbocycles. The number of hydrogen-bond acceptors (Lipinski definition) is 9. The Labute approximate surface area is 245 Å². The van der Waals surface area contributed by atoms with E-state index in [0.717, 1.165) is 22.1 Å². The average Bonchev–Trinajstić information content (AvgIpc) is 3.05. The predicted octanol–water partition coefficient (Wildman–Crippen LogP) is 5.78. The Morgan fingerprint density at radius 1 is 0.651 bits per heavy atom. The summed E-state index contributed by atoms with van der Waals surface area (Å²) in [5.74, 6) is -1.05. The number of carbonyl (C=O) groups is 1. The molecule has 4 aromatic carbocycles. The first kappa shape index (κ1) is 27.3. The molecule has 212 valence electrons. The number of carboxylic acid groups (broad SMARTS) is 1. The van der Waals surface area contributed by atoms with Crippen molar-refractivity contribution in [3.05, 3.63) is 132 Å². The van der Waals surface area contributed by atoms with Crippen LogP contribution in [0.1, 0.15) is 28.4 Å². The maximum absolute atomic E-state index is 12.0. The molecule has 43 heavy (non-hydrogen) atoms. The Balaban J connectivity index is 1.16. The van der Waals surface area contributed by atoms with Crippen LogP contribution in [0.2, 0.25) is 0 Å². The number of fused-ring (bicyclic) bond motifs is 2. The van der Waals surface area contributed by atoms with Crippen molar-refractivity contribution in [3.8, 4) is 11.5 Å². The Morgan fingerprint density at radius 2 is 1.07 bits per heavy atom. The smallest absolute Gasteiger partial charge is 0.354 e. The predicted molar refractivity (Wildman–Crippen MR) is 159 cm³/mol. The van der Waals surface area contributed by atoms with Crippen LogP contribution in [-0.2, 0) is 18.0 Å². The van der Waals surface area contributed by atoms with Crippen LogP contribution in [-0.4, -0.2) is 41.9 Å². The molecule has 2 aromatic heterocycles. The van der Waals surface area contributed by atoms with Crippen LogP contribution in [0.15, 0.2) is 115 Å². The van der Waals surface area contributed by atoms with Crippen LogP contribution in [0.25, 0.3) is 22.1 Å². The van der Waals surface area contributed by atoms with Gasteiger partial charge in [0.25, 0.3) is 0 Å². The van der Waals surface area contributed by atoms with Gasteiger partial charge >= 0.3 is 5.97 Å². The Morgan fingerprint density at radius 3 is 1.47 bits per heavy atom. The van der Waals surface area contributed by atoms with Crippen LogP contribution in [0, 0.1) is 0 Å². The largest absolute Gasteiger partial charge is 0.487 e. The molecule has 0 atom stereocenters. The molecule has 0 aliphatic rings. The summed E-state index contributed by atoms with van der Waals surface area (Å²) in [4.78, 5) is 29.9. The molecule has 0 saturated heterocycles. The average molecular weight is 572 g/mol. The van der Waals surface area contributed by atoms with E-state index in [0.29, 0.717) is 34.0 Å². The van der Waals surface area contributed by atoms with Gasteiger partial charge in [0.2, 0.25) is 0 Å². The molecule has 0 amide bonds. The van der Waals surface area contributed by atoms with E-state index in [1.165, 1.54) is 0 Å². The summed E-state index contributed by atoms with van der Waals surface area (Å²) in [6, 6.07) is 29.1. The van der Waals surface area contributed by atoms with Crippen LogP contribution in [0.4, 0.5) is 0 Å². The standard InChI is InChI=1S/C33H25N5O5/c39-33(40)32(38-41)31(21-9-13-25(14-10-21)42-19-23-17-34-27-5-1-3-7-29(27)36-23)22-11-15-26(16-12-22)43-20-24-18-35-28-6-2-4-8-30(28)37-24/h1-18,31,41H,19-20H2,(H,39,40). The highest BCUT2D eigenvalue weighted by Gasteiger charge is 2.27. The van der Waals surface area contributed by atoms with E-state index in [-0.39, 0.29) is 13.2 Å². The monoisotopic (exact) mass is 571 g/mol. The minimum absolute atomic E-state index is 0.214. The van der Waals surface area contributed by atoms with Gasteiger partial charge in [0.15, 0.2) is 5.71 Å². The summed E-state index contributed by atoms with van der Waals surface area (Å²) in [6.07, 6.45) is 3.35. The number of hydrogen-bond donors (Lipinski definition) is 2. The number of aliphatic carboxylic acids is 1. The zero-order chi connectivity index (χ0) is 29.6. The normalized spacial score (nSPS) is 11.6. The minimum atomic E-state index is -1.34. The first-order valence-corrected chi connectivity index (χ1v) is 13.4. The highest BCUT2D eigenvalue weighted by Crippen LogP contribution is 2.30. The van der Waals surface area contributed by atoms with E-state index in [1.54, 1.807) is 60.9 Å². The zero-order valence-electron chi connectivity index (χ0n) is 22.7. The molecule has 0 bridgehead atoms. The maximum atomic E-state index is 12.0. The SMILES string of the molecule is O=C(O)C(=NO)C(c1ccc(OCc2cnc3ccccc3n2)cc1)c1ccc(OCc2cnc3ccccc3n2)cc1. The Bertz CT molecular complexity index is 1800. The van der Waals surface area contributed by atoms with Crippen molar-refractivity contribution in [1.82, 2.24) is 19.9 Å². The first-order chi connectivity index (χ1) is 21.1. The Kier molecular flexibility index (Phi) is 7.81. The number of oxime groups is 1. The fourth-order valence-corrected chi connectivity index (χ4v) is 4.69. The molecule has 0 unspecified atom stereocenters. The quantitative estimate of drug-likeness (QED) is 0.119. The molecule has 2 heterocycles. The van der Waals surface area contributed by atoms with Gasteiger partial charge in [0, 0.05) is 0 Å². The molecular weight excluding hydrogens is 546 g/mol. The molecule has 10 heteroatoms. The van der Waals surface area contributed by atoms with Crippen molar-refractivity contribution in [2.75, 3.05) is 0 Å². The van der Waals surface area contributed by atoms with Gasteiger partial charge in [-0.1, -0.05) is 53.7 Å². The van der Waals surface area contributed by atoms with Crippen LogP contribution < -0.4 is 9.47 Å². The summed E-state index contributed by atoms with van der Waals surface area (Å²) >= 11 is 0. The third kappa shape index (κ3) is 6.23. The number of aromatic nitrogens is 4. The van der Waals surface area contributed by atoms with Gasteiger partial charge in [0.05, 0.1) is 51.8 Å². The second kappa shape index (κ2) is 12.3. The maximum Gasteiger partial charge on any atom is 0.354 e. The number of rotatable bonds is 10. The number of benzene rings is 4. The lowest BCUT2D eigenvalue weighted by atomic mass is 9.87. The van der Waals surface area contributed by atoms with Crippen LogP contribution in [0.5, 0.6) is 11.5 Å². The molecule has 0 fully saturated rings. The highest BCUT2D eigenvalue weighted by atomic mass is 16.5. The zero-order valence-corrected chi connectivity index (χ0v) is 22.7. The van der Waals surface area contributed by atoms with Gasteiger partial charge in [-0.3, -0.25) is 9.97 Å². The van der Waals surface area contributed by atoms with E-state index in [4.69, 9.17) is 9.47 Å². The topological polar surface area (TPSA) is 140 Å². The molecule has 10 nitrogen and oxygen atoms in total. The molecule has 6 aromatic rings. The lowest BCUT2D eigenvalue weighted by Crippen LogP contribution is -2.23. The van der Waals surface area contributed by atoms with E-state index >= 15 is 0 Å². The Hall–Kier alpha value is -5.90. The van der Waals surface area contributed by atoms with Gasteiger partial charge in [0.1, 0.15) is 24.7 Å². The summed E-state index contributed by atoms with van der Waals surface area (Å²) in [5.41, 5.74) is 5.32. The van der Waals surface area contributed by atoms with Crippen LogP contribution in [0.3, 0.4) is 0 Å². The molecule has 6 rings (SSSR count). The molecule has 2 N–H and O–H groups in total. The van der Waals surface area contributed by atoms with Crippen LogP contribution >= 0.6 is 0 Å². The number of nitrogens with zero attached hydrogens (tertiary/aromatic N) is 5. The summed E-state index contributed by atoms with van der Waals surface area (Å²) in [7, 11) is 0. The number of ether oxygens (including phenoxy) is 2. The van der Waals surface area contributed by atoms with Crippen molar-refractivity contribution in [2.45, 2.75) is 19.1 Å². The van der Waals surface area contributed by atoms with Gasteiger partial charge in [-0.05, 0) is 59.7 Å². The van der Waals surface area contributed by atoms with Crippen molar-refractivity contribution in [2.24, 2.45) is 5.16 Å². The molecule has 0 aliphatic carbocycles. The fourth-order valence-electron chi connectivity index (χ4n) is 4.69. The molecule has 0 aliphatic heterocycles. The second-order valence-electron chi connectivity index (χ2n) is 9.64. The lowest BCUT2D eigenvalue weighted by Gasteiger charge is -2.18. The van der Waals surface area contributed by atoms with E-state index in [2.05, 4.69) is 25.1 Å². The lowest BCUT2D eigenvalue weighted by molar-refractivity contribution is -0.129. The minimum Gasteiger partial charge on any atom is -0.487 e. The van der Waals surface area contributed by atoms with Crippen molar-refractivity contribution in [1.29, 1.82) is 0 Å². The van der Waals surface area contributed by atoms with E-state index in [9.17, 15) is 15.1 Å². The fraction of sp³-hybridized carbons (Fsp3) is 0.0909. The van der Waals surface area contributed by atoms with Gasteiger partial charge in [-0.2, -0.15) is 0 Å². The summed E-state index contributed by atoms with van der Waals surface area (Å²) in [6.45, 7) is 0.427. The second-order valence-corrected chi connectivity index (χ2v) is 9.64. The molecular formula is C33H25N5O5. The van der Waals surface area contributed by atoms with E-state index in [1.807, 2.05) is 48.5 Å². The van der Waals surface area contributed by atoms with Gasteiger partial charge in [-0.15, -0.1) is 0 Å². The van der Waals surface area contributed by atoms with E-state index < -0.39 is 17.6 Å². The third-order valence-corrected chi connectivity index (χ3v) is 6.80. The van der Waals surface area contributed by atoms with Gasteiger partial charge < -0.3 is 19.8 Å². The summed E-state index contributed by atoms with van der Waals surface area (Å²) < 4.78 is 11.8. The number of carboxylic acids is 1. The van der Waals surface area contributed by atoms with Gasteiger partial charge in [-0.25, -0.2) is 14.8 Å². The highest BCUT2D eigenvalue weighted by molar-refractivity contribution is 6.38. The third-order valence-electron chi connectivity index (χ3n) is 6.80. The van der Waals surface area contributed by atoms with Crippen molar-refractivity contribution in [3.63, 3.8) is 0 Å². The summed E-state index contributed by atoms with van der Waals surface area (Å²) in [5, 5.41) is 22.5. The molecule has 0 radical (unpaired) electrons. The molecule has 0 spiro atoms.